The number of pyridine rings is 1. The highest BCUT2D eigenvalue weighted by atomic mass is 19.1. The van der Waals surface area contributed by atoms with E-state index in [2.05, 4.69) is 15.0 Å². The van der Waals surface area contributed by atoms with Crippen molar-refractivity contribution in [3.63, 3.8) is 0 Å². The zero-order chi connectivity index (χ0) is 18.7. The lowest BCUT2D eigenvalue weighted by Gasteiger charge is -2.41. The molecule has 1 N–H and O–H groups in total. The van der Waals surface area contributed by atoms with Gasteiger partial charge in [0.15, 0.2) is 0 Å². The predicted molar refractivity (Wildman–Crippen MR) is 94.3 cm³/mol. The summed E-state index contributed by atoms with van der Waals surface area (Å²) in [5, 5.41) is 11.0. The molecule has 3 heterocycles. The smallest absolute Gasteiger partial charge is 0.272 e. The lowest BCUT2D eigenvalue weighted by atomic mass is 9.92. The molecule has 138 valence electrons. The molecule has 8 heteroatoms. The molecule has 0 aromatic carbocycles. The van der Waals surface area contributed by atoms with E-state index in [1.54, 1.807) is 32.3 Å². The van der Waals surface area contributed by atoms with Crippen LogP contribution in [-0.4, -0.2) is 63.1 Å². The highest BCUT2D eigenvalue weighted by Crippen LogP contribution is 2.26. The van der Waals surface area contributed by atoms with Crippen LogP contribution in [-0.2, 0) is 0 Å². The molecule has 2 aromatic rings. The molecular weight excluding hydrogens is 337 g/mol. The van der Waals surface area contributed by atoms with E-state index >= 15 is 0 Å². The molecule has 3 rings (SSSR count). The van der Waals surface area contributed by atoms with Gasteiger partial charge in [0, 0.05) is 26.3 Å². The van der Waals surface area contributed by atoms with E-state index in [1.165, 1.54) is 11.0 Å². The minimum absolute atomic E-state index is 0.173. The third-order valence-electron chi connectivity index (χ3n) is 4.46. The van der Waals surface area contributed by atoms with Crippen molar-refractivity contribution in [3.05, 3.63) is 47.9 Å². The van der Waals surface area contributed by atoms with Crippen LogP contribution in [0.25, 0.3) is 0 Å². The summed E-state index contributed by atoms with van der Waals surface area (Å²) < 4.78 is 13.1. The third-order valence-corrected chi connectivity index (χ3v) is 4.46. The Kier molecular flexibility index (Phi) is 5.13. The Morgan fingerprint density at radius 3 is 2.88 bits per heavy atom. The SMILES string of the molecule is Cc1nccc(C(=O)N(C)C[C@@]2(O)CCCN(c3ccc(F)cn3)C2)n1. The van der Waals surface area contributed by atoms with Crippen LogP contribution in [0.3, 0.4) is 0 Å². The standard InChI is InChI=1S/C18H22FN5O2/c1-13-20-8-6-15(22-13)17(25)23(2)11-18(26)7-3-9-24(12-18)16-5-4-14(19)10-21-16/h4-6,8,10,26H,3,7,9,11-12H2,1-2H3/t18-/m0/s1. The van der Waals surface area contributed by atoms with Gasteiger partial charge in [-0.15, -0.1) is 0 Å². The number of halogens is 1. The van der Waals surface area contributed by atoms with Crippen LogP contribution in [0.15, 0.2) is 30.6 Å². The molecule has 26 heavy (non-hydrogen) atoms. The van der Waals surface area contributed by atoms with E-state index in [0.717, 1.165) is 19.2 Å². The normalized spacial score (nSPS) is 20.1. The molecule has 0 bridgehead atoms. The van der Waals surface area contributed by atoms with E-state index in [9.17, 15) is 14.3 Å². The zero-order valence-electron chi connectivity index (χ0n) is 14.9. The van der Waals surface area contributed by atoms with Gasteiger partial charge < -0.3 is 14.9 Å². The summed E-state index contributed by atoms with van der Waals surface area (Å²) in [6.45, 7) is 2.95. The van der Waals surface area contributed by atoms with Crippen molar-refractivity contribution in [3.8, 4) is 0 Å². The fourth-order valence-electron chi connectivity index (χ4n) is 3.28. The first-order chi connectivity index (χ1) is 12.4. The van der Waals surface area contributed by atoms with E-state index < -0.39 is 11.4 Å². The number of aliphatic hydroxyl groups is 1. The van der Waals surface area contributed by atoms with Gasteiger partial charge in [0.25, 0.3) is 5.91 Å². The Balaban J connectivity index is 1.69. The molecule has 1 aliphatic heterocycles. The second-order valence-corrected chi connectivity index (χ2v) is 6.73. The van der Waals surface area contributed by atoms with Crippen LogP contribution in [0.2, 0.25) is 0 Å². The second-order valence-electron chi connectivity index (χ2n) is 6.73. The number of aromatic nitrogens is 3. The first kappa shape index (κ1) is 18.2. The van der Waals surface area contributed by atoms with Crippen LogP contribution in [0.1, 0.15) is 29.2 Å². The van der Waals surface area contributed by atoms with Crippen LogP contribution >= 0.6 is 0 Å². The molecule has 0 unspecified atom stereocenters. The Labute approximate surface area is 151 Å². The molecule has 1 saturated heterocycles. The molecule has 2 aromatic heterocycles. The first-order valence-corrected chi connectivity index (χ1v) is 8.50. The molecule has 1 atom stereocenters. The highest BCUT2D eigenvalue weighted by molar-refractivity contribution is 5.92. The highest BCUT2D eigenvalue weighted by Gasteiger charge is 2.36. The number of rotatable bonds is 4. The molecular formula is C18H22FN5O2. The number of piperidine rings is 1. The number of β-amino-alcohol motifs (C(OH)–C–C–N with tert-alkyl or cyclic N) is 1. The molecule has 0 radical (unpaired) electrons. The summed E-state index contributed by atoms with van der Waals surface area (Å²) in [4.78, 5) is 28.2. The van der Waals surface area contributed by atoms with Gasteiger partial charge in [0.05, 0.1) is 18.3 Å². The molecule has 1 amide bonds. The van der Waals surface area contributed by atoms with E-state index in [-0.39, 0.29) is 12.5 Å². The van der Waals surface area contributed by atoms with Gasteiger partial charge in [-0.25, -0.2) is 19.3 Å². The molecule has 1 fully saturated rings. The van der Waals surface area contributed by atoms with E-state index in [1.807, 2.05) is 4.90 Å². The summed E-state index contributed by atoms with van der Waals surface area (Å²) in [6, 6.07) is 4.51. The number of nitrogens with zero attached hydrogens (tertiary/aromatic N) is 5. The maximum absolute atomic E-state index is 13.1. The number of carbonyl (C=O) groups is 1. The Morgan fingerprint density at radius 1 is 1.38 bits per heavy atom. The lowest BCUT2D eigenvalue weighted by molar-refractivity contribution is -0.000287. The van der Waals surface area contributed by atoms with E-state index in [0.29, 0.717) is 30.3 Å². The Hall–Kier alpha value is -2.61. The molecule has 0 aliphatic carbocycles. The molecule has 0 saturated carbocycles. The largest absolute Gasteiger partial charge is 0.386 e. The van der Waals surface area contributed by atoms with Crippen molar-refractivity contribution in [1.82, 2.24) is 19.9 Å². The van der Waals surface area contributed by atoms with Gasteiger partial charge in [-0.05, 0) is 38.0 Å². The maximum Gasteiger partial charge on any atom is 0.272 e. The quantitative estimate of drug-likeness (QED) is 0.889. The van der Waals surface area contributed by atoms with Crippen molar-refractivity contribution in [2.75, 3.05) is 31.6 Å². The summed E-state index contributed by atoms with van der Waals surface area (Å²) >= 11 is 0. The molecule has 0 spiro atoms. The van der Waals surface area contributed by atoms with Gasteiger partial charge in [0.2, 0.25) is 0 Å². The van der Waals surface area contributed by atoms with Crippen molar-refractivity contribution in [2.24, 2.45) is 0 Å². The number of likely N-dealkylation sites (N-methyl/N-ethyl adjacent to an activating group) is 1. The van der Waals surface area contributed by atoms with Gasteiger partial charge in [-0.2, -0.15) is 0 Å². The van der Waals surface area contributed by atoms with Crippen LogP contribution in [0, 0.1) is 12.7 Å². The third kappa shape index (κ3) is 4.13. The topological polar surface area (TPSA) is 82.5 Å². The van der Waals surface area contributed by atoms with Crippen LogP contribution < -0.4 is 4.90 Å². The Bertz CT molecular complexity index is 785. The summed E-state index contributed by atoms with van der Waals surface area (Å²) in [5.41, 5.74) is -0.766. The van der Waals surface area contributed by atoms with Crippen LogP contribution in [0.5, 0.6) is 0 Å². The van der Waals surface area contributed by atoms with Crippen molar-refractivity contribution >= 4 is 11.7 Å². The van der Waals surface area contributed by atoms with Gasteiger partial charge in [-0.1, -0.05) is 0 Å². The number of carbonyl (C=O) groups excluding carboxylic acids is 1. The van der Waals surface area contributed by atoms with Crippen molar-refractivity contribution in [2.45, 2.75) is 25.4 Å². The summed E-state index contributed by atoms with van der Waals surface area (Å²) in [7, 11) is 1.65. The minimum atomic E-state index is -1.07. The number of amides is 1. The van der Waals surface area contributed by atoms with Gasteiger partial charge in [0.1, 0.15) is 23.2 Å². The fraction of sp³-hybridized carbons (Fsp3) is 0.444. The molecule has 7 nitrogen and oxygen atoms in total. The van der Waals surface area contributed by atoms with Crippen molar-refractivity contribution in [1.29, 1.82) is 0 Å². The summed E-state index contributed by atoms with van der Waals surface area (Å²) in [6.07, 6.45) is 4.03. The molecule has 1 aliphatic rings. The fourth-order valence-corrected chi connectivity index (χ4v) is 3.28. The first-order valence-electron chi connectivity index (χ1n) is 8.50. The number of anilines is 1. The maximum atomic E-state index is 13.1. The average molecular weight is 359 g/mol. The zero-order valence-corrected chi connectivity index (χ0v) is 14.9. The van der Waals surface area contributed by atoms with E-state index in [4.69, 9.17) is 0 Å². The number of hydrogen-bond acceptors (Lipinski definition) is 6. The summed E-state index contributed by atoms with van der Waals surface area (Å²) in [5.74, 6) is 0.478. The van der Waals surface area contributed by atoms with Crippen molar-refractivity contribution < 1.29 is 14.3 Å². The number of aryl methyl sites for hydroxylation is 1. The monoisotopic (exact) mass is 359 g/mol. The predicted octanol–water partition coefficient (Wildman–Crippen LogP) is 1.42. The Morgan fingerprint density at radius 2 is 2.19 bits per heavy atom. The minimum Gasteiger partial charge on any atom is -0.386 e. The van der Waals surface area contributed by atoms with Gasteiger partial charge in [-0.3, -0.25) is 4.79 Å². The number of hydrogen-bond donors (Lipinski definition) is 1. The average Bonchev–Trinajstić information content (AvgIpc) is 2.61. The lowest BCUT2D eigenvalue weighted by Crippen LogP contribution is -2.55. The second kappa shape index (κ2) is 7.33. The van der Waals surface area contributed by atoms with Crippen LogP contribution in [0.4, 0.5) is 10.2 Å². The van der Waals surface area contributed by atoms with Gasteiger partial charge >= 0.3 is 0 Å².